The van der Waals surface area contributed by atoms with Crippen molar-refractivity contribution in [2.24, 2.45) is 5.73 Å². The average Bonchev–Trinajstić information content (AvgIpc) is 3.03. The lowest BCUT2D eigenvalue weighted by molar-refractivity contribution is 0.102. The van der Waals surface area contributed by atoms with Crippen LogP contribution in [0.25, 0.3) is 0 Å². The number of nitrogens with one attached hydrogen (secondary N) is 1. The summed E-state index contributed by atoms with van der Waals surface area (Å²) < 4.78 is 16.0. The summed E-state index contributed by atoms with van der Waals surface area (Å²) in [6.07, 6.45) is 1.36. The van der Waals surface area contributed by atoms with Crippen molar-refractivity contribution in [3.05, 3.63) is 46.9 Å². The van der Waals surface area contributed by atoms with Crippen molar-refractivity contribution in [1.29, 1.82) is 0 Å². The van der Waals surface area contributed by atoms with E-state index in [1.54, 1.807) is 24.3 Å². The number of ether oxygens (including phenoxy) is 2. The number of para-hydroxylation sites is 1. The van der Waals surface area contributed by atoms with Crippen LogP contribution >= 0.6 is 11.6 Å². The Kier molecular flexibility index (Phi) is 6.46. The fourth-order valence-corrected chi connectivity index (χ4v) is 2.13. The molecule has 124 valence electrons. The molecule has 1 amide bonds. The second-order valence-electron chi connectivity index (χ2n) is 4.62. The first kappa shape index (κ1) is 17.3. The Morgan fingerprint density at radius 2 is 2.22 bits per heavy atom. The molecule has 0 unspecified atom stereocenters. The summed E-state index contributed by atoms with van der Waals surface area (Å²) in [6, 6.07) is 6.73. The topological polar surface area (TPSA) is 86.7 Å². The van der Waals surface area contributed by atoms with Crippen molar-refractivity contribution < 1.29 is 18.7 Å². The minimum atomic E-state index is -0.328. The minimum absolute atomic E-state index is 0.232. The van der Waals surface area contributed by atoms with Crippen molar-refractivity contribution in [3.8, 4) is 5.75 Å². The number of amides is 1. The highest BCUT2D eigenvalue weighted by atomic mass is 35.5. The number of benzene rings is 1. The number of halogens is 1. The Morgan fingerprint density at radius 3 is 2.91 bits per heavy atom. The molecule has 3 N–H and O–H groups in total. The molecule has 1 heterocycles. The normalized spacial score (nSPS) is 10.6. The highest BCUT2D eigenvalue weighted by Crippen LogP contribution is 2.33. The van der Waals surface area contributed by atoms with Gasteiger partial charge in [0.05, 0.1) is 29.4 Å². The van der Waals surface area contributed by atoms with Crippen LogP contribution in [0, 0.1) is 0 Å². The maximum Gasteiger partial charge on any atom is 0.259 e. The Hall–Kier alpha value is -2.02. The summed E-state index contributed by atoms with van der Waals surface area (Å²) in [4.78, 5) is 12.2. The second kappa shape index (κ2) is 8.57. The van der Waals surface area contributed by atoms with E-state index in [2.05, 4.69) is 5.32 Å². The van der Waals surface area contributed by atoms with E-state index in [4.69, 9.17) is 31.2 Å². The summed E-state index contributed by atoms with van der Waals surface area (Å²) in [6.45, 7) is 3.53. The molecular weight excluding hydrogens is 320 g/mol. The lowest BCUT2D eigenvalue weighted by Gasteiger charge is -2.13. The first-order chi connectivity index (χ1) is 11.2. The van der Waals surface area contributed by atoms with Crippen molar-refractivity contribution in [1.82, 2.24) is 0 Å². The van der Waals surface area contributed by atoms with Crippen LogP contribution in [0.15, 0.2) is 34.9 Å². The van der Waals surface area contributed by atoms with Gasteiger partial charge in [0.15, 0.2) is 5.75 Å². The third-order valence-electron chi connectivity index (χ3n) is 3.01. The van der Waals surface area contributed by atoms with Gasteiger partial charge in [-0.25, -0.2) is 0 Å². The molecule has 0 fully saturated rings. The number of hydrogen-bond donors (Lipinski definition) is 2. The molecule has 0 radical (unpaired) electrons. The first-order valence-electron chi connectivity index (χ1n) is 7.23. The molecule has 0 spiro atoms. The molecule has 2 aromatic rings. The lowest BCUT2D eigenvalue weighted by atomic mass is 10.2. The average molecular weight is 339 g/mol. The van der Waals surface area contributed by atoms with Crippen LogP contribution in [-0.2, 0) is 11.3 Å². The molecule has 0 saturated heterocycles. The largest absolute Gasteiger partial charge is 0.487 e. The third kappa shape index (κ3) is 4.72. The molecule has 1 aromatic carbocycles. The summed E-state index contributed by atoms with van der Waals surface area (Å²) in [7, 11) is 0. The van der Waals surface area contributed by atoms with E-state index in [1.165, 1.54) is 6.26 Å². The number of hydrogen-bond acceptors (Lipinski definition) is 5. The molecule has 23 heavy (non-hydrogen) atoms. The molecule has 0 bridgehead atoms. The van der Waals surface area contributed by atoms with Crippen molar-refractivity contribution in [3.63, 3.8) is 0 Å². The third-order valence-corrected chi connectivity index (χ3v) is 3.31. The van der Waals surface area contributed by atoms with E-state index in [0.29, 0.717) is 47.6 Å². The number of anilines is 1. The Labute approximate surface area is 139 Å². The molecule has 0 aliphatic rings. The summed E-state index contributed by atoms with van der Waals surface area (Å²) in [5.41, 5.74) is 6.33. The smallest absolute Gasteiger partial charge is 0.259 e. The highest BCUT2D eigenvalue weighted by molar-refractivity contribution is 6.32. The maximum atomic E-state index is 12.2. The molecule has 2 rings (SSSR count). The molecule has 0 saturated carbocycles. The highest BCUT2D eigenvalue weighted by Gasteiger charge is 2.14. The van der Waals surface area contributed by atoms with E-state index in [9.17, 15) is 4.79 Å². The number of nitrogens with two attached hydrogens (primary N) is 1. The first-order valence-corrected chi connectivity index (χ1v) is 7.61. The van der Waals surface area contributed by atoms with Crippen molar-refractivity contribution >= 4 is 23.2 Å². The number of rotatable bonds is 8. The molecule has 1 aromatic heterocycles. The lowest BCUT2D eigenvalue weighted by Crippen LogP contribution is -2.13. The van der Waals surface area contributed by atoms with Crippen LogP contribution in [0.1, 0.15) is 23.0 Å². The van der Waals surface area contributed by atoms with Gasteiger partial charge in [-0.15, -0.1) is 0 Å². The zero-order valence-electron chi connectivity index (χ0n) is 12.8. The van der Waals surface area contributed by atoms with E-state index < -0.39 is 0 Å². The van der Waals surface area contributed by atoms with Gasteiger partial charge in [0, 0.05) is 6.61 Å². The van der Waals surface area contributed by atoms with Gasteiger partial charge in [0.1, 0.15) is 18.6 Å². The minimum Gasteiger partial charge on any atom is -0.487 e. The van der Waals surface area contributed by atoms with Crippen molar-refractivity contribution in [2.75, 3.05) is 25.1 Å². The fraction of sp³-hybridized carbons (Fsp3) is 0.312. The predicted octanol–water partition coefficient (Wildman–Crippen LogP) is 3.06. The number of furan rings is 1. The Bertz CT molecular complexity index is 657. The zero-order valence-corrected chi connectivity index (χ0v) is 13.6. The van der Waals surface area contributed by atoms with Crippen LogP contribution in [0.2, 0.25) is 5.02 Å². The van der Waals surface area contributed by atoms with E-state index >= 15 is 0 Å². The van der Waals surface area contributed by atoms with Gasteiger partial charge in [-0.1, -0.05) is 17.7 Å². The second-order valence-corrected chi connectivity index (χ2v) is 5.03. The van der Waals surface area contributed by atoms with Gasteiger partial charge in [0.25, 0.3) is 5.91 Å². The van der Waals surface area contributed by atoms with Gasteiger partial charge in [-0.05, 0) is 25.1 Å². The Balaban J connectivity index is 2.09. The van der Waals surface area contributed by atoms with Gasteiger partial charge < -0.3 is 24.9 Å². The van der Waals surface area contributed by atoms with E-state index in [0.717, 1.165) is 0 Å². The number of carbonyl (C=O) groups excluding carboxylic acids is 1. The maximum absolute atomic E-state index is 12.2. The van der Waals surface area contributed by atoms with Crippen LogP contribution in [0.4, 0.5) is 5.69 Å². The summed E-state index contributed by atoms with van der Waals surface area (Å²) in [5.74, 6) is 0.615. The monoisotopic (exact) mass is 338 g/mol. The Morgan fingerprint density at radius 1 is 1.39 bits per heavy atom. The van der Waals surface area contributed by atoms with Crippen LogP contribution < -0.4 is 15.8 Å². The summed E-state index contributed by atoms with van der Waals surface area (Å²) in [5, 5.41) is 3.17. The predicted molar refractivity (Wildman–Crippen MR) is 88.0 cm³/mol. The molecule has 6 nitrogen and oxygen atoms in total. The van der Waals surface area contributed by atoms with E-state index in [1.807, 2.05) is 6.92 Å². The van der Waals surface area contributed by atoms with Crippen LogP contribution in [0.3, 0.4) is 0 Å². The molecule has 0 atom stereocenters. The molecular formula is C16H19ClN2O4. The van der Waals surface area contributed by atoms with Crippen LogP contribution in [-0.4, -0.2) is 25.7 Å². The molecule has 0 aliphatic carbocycles. The number of carbonyl (C=O) groups is 1. The van der Waals surface area contributed by atoms with Crippen molar-refractivity contribution in [2.45, 2.75) is 13.5 Å². The zero-order chi connectivity index (χ0) is 16.7. The van der Waals surface area contributed by atoms with Gasteiger partial charge in [-0.3, -0.25) is 4.79 Å². The van der Waals surface area contributed by atoms with Gasteiger partial charge in [0.2, 0.25) is 0 Å². The van der Waals surface area contributed by atoms with E-state index in [-0.39, 0.29) is 12.5 Å². The quantitative estimate of drug-likeness (QED) is 0.722. The van der Waals surface area contributed by atoms with Gasteiger partial charge in [-0.2, -0.15) is 0 Å². The molecule has 0 aliphatic heterocycles. The van der Waals surface area contributed by atoms with Crippen LogP contribution in [0.5, 0.6) is 5.75 Å². The molecule has 7 heteroatoms. The van der Waals surface area contributed by atoms with Gasteiger partial charge >= 0.3 is 0 Å². The fourth-order valence-electron chi connectivity index (χ4n) is 1.90. The SMILES string of the molecule is CCOCCOc1c(Cl)cccc1NC(=O)c1coc(CN)c1. The summed E-state index contributed by atoms with van der Waals surface area (Å²) >= 11 is 6.15. The standard InChI is InChI=1S/C16H19ClN2O4/c1-2-21-6-7-22-15-13(17)4-3-5-14(15)19-16(20)11-8-12(9-18)23-10-11/h3-5,8,10H,2,6-7,9,18H2,1H3,(H,19,20).